The van der Waals surface area contributed by atoms with Crippen LogP contribution in [-0.4, -0.2) is 60.6 Å². The van der Waals surface area contributed by atoms with Gasteiger partial charge in [-0.25, -0.2) is 0 Å². The minimum Gasteiger partial charge on any atom is -0.340 e. The van der Waals surface area contributed by atoms with Crippen molar-refractivity contribution in [2.75, 3.05) is 32.7 Å². The van der Waals surface area contributed by atoms with Crippen molar-refractivity contribution in [3.63, 3.8) is 0 Å². The maximum atomic E-state index is 13.1. The number of piperazine rings is 1. The smallest absolute Gasteiger partial charge is 0.282 e. The highest BCUT2D eigenvalue weighted by Gasteiger charge is 2.35. The zero-order chi connectivity index (χ0) is 18.9. The van der Waals surface area contributed by atoms with Gasteiger partial charge in [-0.3, -0.25) is 4.79 Å². The van der Waals surface area contributed by atoms with Crippen molar-refractivity contribution in [3.05, 3.63) is 35.4 Å². The predicted molar refractivity (Wildman–Crippen MR) is 104 cm³/mol. The molecule has 6 nitrogen and oxygen atoms in total. The monoisotopic (exact) mass is 391 g/mol. The molecule has 4 rings (SSSR count). The van der Waals surface area contributed by atoms with Gasteiger partial charge in [-0.1, -0.05) is 37.1 Å². The van der Waals surface area contributed by atoms with Crippen LogP contribution in [-0.2, 0) is 28.0 Å². The Labute approximate surface area is 162 Å². The van der Waals surface area contributed by atoms with Crippen LogP contribution < -0.4 is 0 Å². The lowest BCUT2D eigenvalue weighted by atomic mass is 10.0. The first-order valence-corrected chi connectivity index (χ1v) is 11.5. The second-order valence-corrected chi connectivity index (χ2v) is 9.92. The van der Waals surface area contributed by atoms with Crippen molar-refractivity contribution in [3.8, 4) is 0 Å². The van der Waals surface area contributed by atoms with Gasteiger partial charge in [0.1, 0.15) is 0 Å². The summed E-state index contributed by atoms with van der Waals surface area (Å²) in [6.07, 6.45) is 6.20. The van der Waals surface area contributed by atoms with E-state index in [1.165, 1.54) is 18.4 Å². The van der Waals surface area contributed by atoms with E-state index in [0.717, 1.165) is 24.8 Å². The average Bonchev–Trinajstić information content (AvgIpc) is 3.20. The summed E-state index contributed by atoms with van der Waals surface area (Å²) in [5.74, 6) is 0.735. The standard InChI is InChI=1S/C20H29N3O3S/c24-20(15-17-5-1-2-6-17)21-11-13-22(14-12-21)27(25,26)23-10-9-18-7-3-4-8-19(18)16-23/h3-4,7-8,17H,1-2,5-6,9-16H2. The maximum absolute atomic E-state index is 13.1. The summed E-state index contributed by atoms with van der Waals surface area (Å²) in [7, 11) is -3.47. The van der Waals surface area contributed by atoms with Crippen molar-refractivity contribution in [1.29, 1.82) is 0 Å². The number of amides is 1. The Morgan fingerprint density at radius 2 is 1.59 bits per heavy atom. The van der Waals surface area contributed by atoms with E-state index in [2.05, 4.69) is 6.07 Å². The minimum absolute atomic E-state index is 0.200. The van der Waals surface area contributed by atoms with E-state index in [0.29, 0.717) is 51.6 Å². The molecule has 1 amide bonds. The van der Waals surface area contributed by atoms with Gasteiger partial charge in [-0.05, 0) is 36.3 Å². The molecule has 1 aromatic carbocycles. The molecule has 1 saturated heterocycles. The molecule has 1 aliphatic carbocycles. The molecule has 0 atom stereocenters. The lowest BCUT2D eigenvalue weighted by Gasteiger charge is -2.38. The minimum atomic E-state index is -3.47. The average molecular weight is 392 g/mol. The number of benzene rings is 1. The Balaban J connectivity index is 1.34. The third kappa shape index (κ3) is 4.05. The number of hydrogen-bond acceptors (Lipinski definition) is 3. The number of fused-ring (bicyclic) bond motifs is 1. The second kappa shape index (κ2) is 7.89. The fraction of sp³-hybridized carbons (Fsp3) is 0.650. The number of carbonyl (C=O) groups excluding carboxylic acids is 1. The highest BCUT2D eigenvalue weighted by atomic mass is 32.2. The van der Waals surface area contributed by atoms with E-state index < -0.39 is 10.2 Å². The van der Waals surface area contributed by atoms with Gasteiger partial charge >= 0.3 is 0 Å². The summed E-state index contributed by atoms with van der Waals surface area (Å²) in [6, 6.07) is 8.05. The molecule has 0 bridgehead atoms. The van der Waals surface area contributed by atoms with Crippen LogP contribution in [0.15, 0.2) is 24.3 Å². The molecule has 2 fully saturated rings. The van der Waals surface area contributed by atoms with Crippen LogP contribution in [0, 0.1) is 5.92 Å². The molecule has 3 aliphatic rings. The van der Waals surface area contributed by atoms with Gasteiger partial charge in [0.2, 0.25) is 5.91 Å². The molecule has 1 aromatic rings. The Morgan fingerprint density at radius 1 is 0.926 bits per heavy atom. The zero-order valence-electron chi connectivity index (χ0n) is 15.8. The van der Waals surface area contributed by atoms with Crippen LogP contribution >= 0.6 is 0 Å². The molecular formula is C20H29N3O3S. The van der Waals surface area contributed by atoms with Crippen LogP contribution in [0.2, 0.25) is 0 Å². The summed E-state index contributed by atoms with van der Waals surface area (Å²) < 4.78 is 29.3. The van der Waals surface area contributed by atoms with E-state index in [1.807, 2.05) is 23.1 Å². The molecule has 0 N–H and O–H groups in total. The molecular weight excluding hydrogens is 362 g/mol. The van der Waals surface area contributed by atoms with Gasteiger partial charge in [0.05, 0.1) is 0 Å². The number of hydrogen-bond donors (Lipinski definition) is 0. The zero-order valence-corrected chi connectivity index (χ0v) is 16.7. The Morgan fingerprint density at radius 3 is 2.30 bits per heavy atom. The molecule has 0 unspecified atom stereocenters. The van der Waals surface area contributed by atoms with Crippen molar-refractivity contribution >= 4 is 16.1 Å². The van der Waals surface area contributed by atoms with E-state index in [1.54, 1.807) is 8.61 Å². The Bertz CT molecular complexity index is 781. The first-order chi connectivity index (χ1) is 13.0. The number of rotatable bonds is 4. The predicted octanol–water partition coefficient (Wildman–Crippen LogP) is 2.01. The quantitative estimate of drug-likeness (QED) is 0.789. The van der Waals surface area contributed by atoms with Crippen LogP contribution in [0.5, 0.6) is 0 Å². The van der Waals surface area contributed by atoms with Crippen LogP contribution in [0.25, 0.3) is 0 Å². The van der Waals surface area contributed by atoms with Gasteiger partial charge in [0.15, 0.2) is 0 Å². The molecule has 2 aliphatic heterocycles. The maximum Gasteiger partial charge on any atom is 0.282 e. The summed E-state index contributed by atoms with van der Waals surface area (Å²) in [5, 5.41) is 0. The summed E-state index contributed by atoms with van der Waals surface area (Å²) in [5.41, 5.74) is 2.34. The van der Waals surface area contributed by atoms with E-state index in [-0.39, 0.29) is 5.91 Å². The first-order valence-electron chi connectivity index (χ1n) is 10.1. The van der Waals surface area contributed by atoms with Gasteiger partial charge in [-0.2, -0.15) is 17.0 Å². The Hall–Kier alpha value is -1.44. The van der Waals surface area contributed by atoms with Gasteiger partial charge in [0.25, 0.3) is 10.2 Å². The molecule has 0 aromatic heterocycles. The SMILES string of the molecule is O=C(CC1CCCC1)N1CCN(S(=O)(=O)N2CCc3ccccc3C2)CC1. The lowest BCUT2D eigenvalue weighted by Crippen LogP contribution is -2.54. The molecule has 2 heterocycles. The molecule has 7 heteroatoms. The first kappa shape index (κ1) is 18.9. The molecule has 148 valence electrons. The van der Waals surface area contributed by atoms with Gasteiger partial charge in [0, 0.05) is 45.7 Å². The molecule has 0 spiro atoms. The van der Waals surface area contributed by atoms with Gasteiger partial charge < -0.3 is 4.90 Å². The number of carbonyl (C=O) groups is 1. The summed E-state index contributed by atoms with van der Waals surface area (Å²) in [4.78, 5) is 14.4. The highest BCUT2D eigenvalue weighted by Crippen LogP contribution is 2.28. The molecule has 1 saturated carbocycles. The lowest BCUT2D eigenvalue weighted by molar-refractivity contribution is -0.133. The van der Waals surface area contributed by atoms with Gasteiger partial charge in [-0.15, -0.1) is 0 Å². The highest BCUT2D eigenvalue weighted by molar-refractivity contribution is 7.86. The molecule has 0 radical (unpaired) electrons. The number of nitrogens with zero attached hydrogens (tertiary/aromatic N) is 3. The second-order valence-electron chi connectivity index (χ2n) is 7.99. The normalized spacial score (nSPS) is 22.7. The van der Waals surface area contributed by atoms with Crippen molar-refractivity contribution in [2.45, 2.75) is 45.1 Å². The van der Waals surface area contributed by atoms with E-state index in [9.17, 15) is 13.2 Å². The van der Waals surface area contributed by atoms with Crippen molar-refractivity contribution < 1.29 is 13.2 Å². The third-order valence-corrected chi connectivity index (χ3v) is 8.26. The fourth-order valence-electron chi connectivity index (χ4n) is 4.59. The largest absolute Gasteiger partial charge is 0.340 e. The van der Waals surface area contributed by atoms with E-state index >= 15 is 0 Å². The summed E-state index contributed by atoms with van der Waals surface area (Å²) >= 11 is 0. The van der Waals surface area contributed by atoms with Crippen LogP contribution in [0.1, 0.15) is 43.2 Å². The van der Waals surface area contributed by atoms with E-state index in [4.69, 9.17) is 0 Å². The van der Waals surface area contributed by atoms with Crippen LogP contribution in [0.3, 0.4) is 0 Å². The topological polar surface area (TPSA) is 60.9 Å². The fourth-order valence-corrected chi connectivity index (χ4v) is 6.16. The Kier molecular flexibility index (Phi) is 5.53. The summed E-state index contributed by atoms with van der Waals surface area (Å²) in [6.45, 7) is 2.79. The third-order valence-electron chi connectivity index (χ3n) is 6.28. The molecule has 27 heavy (non-hydrogen) atoms. The van der Waals surface area contributed by atoms with Crippen LogP contribution in [0.4, 0.5) is 0 Å². The van der Waals surface area contributed by atoms with Crippen molar-refractivity contribution in [1.82, 2.24) is 13.5 Å². The van der Waals surface area contributed by atoms with Crippen molar-refractivity contribution in [2.24, 2.45) is 5.92 Å².